The molecule has 0 aromatic heterocycles. The molecule has 1 aromatic carbocycles. The maximum Gasteiger partial charge on any atom is 0.170 e. The maximum absolute atomic E-state index is 13.8. The highest BCUT2D eigenvalue weighted by atomic mass is 19.1. The van der Waals surface area contributed by atoms with Crippen molar-refractivity contribution in [1.82, 2.24) is 4.90 Å². The highest BCUT2D eigenvalue weighted by Crippen LogP contribution is 2.13. The summed E-state index contributed by atoms with van der Waals surface area (Å²) in [5, 5.41) is 20.3. The second kappa shape index (κ2) is 6.32. The van der Waals surface area contributed by atoms with Gasteiger partial charge in [0.2, 0.25) is 0 Å². The summed E-state index contributed by atoms with van der Waals surface area (Å²) >= 11 is 0. The number of halogens is 1. The molecule has 1 atom stereocenters. The standard InChI is InChI=1S/C12H18FN3O2/c1-8(7-17)16(2)6-10-4-3-9(5-11(10)13)12(14)15-18/h3-5,8,17-18H,6-7H2,1-2H3,(H2,14,15). The number of aliphatic hydroxyl groups is 1. The van der Waals surface area contributed by atoms with Crippen LogP contribution in [-0.4, -0.2) is 40.7 Å². The van der Waals surface area contributed by atoms with E-state index in [4.69, 9.17) is 16.0 Å². The summed E-state index contributed by atoms with van der Waals surface area (Å²) in [6.45, 7) is 2.24. The molecule has 0 bridgehead atoms. The van der Waals surface area contributed by atoms with Gasteiger partial charge in [0.05, 0.1) is 6.61 Å². The lowest BCUT2D eigenvalue weighted by atomic mass is 10.1. The fourth-order valence-electron chi connectivity index (χ4n) is 1.46. The van der Waals surface area contributed by atoms with Gasteiger partial charge in [0, 0.05) is 23.7 Å². The monoisotopic (exact) mass is 255 g/mol. The van der Waals surface area contributed by atoms with Gasteiger partial charge in [0.25, 0.3) is 0 Å². The molecule has 4 N–H and O–H groups in total. The van der Waals surface area contributed by atoms with Crippen LogP contribution >= 0.6 is 0 Å². The molecule has 0 amide bonds. The molecule has 1 aromatic rings. The number of benzene rings is 1. The van der Waals surface area contributed by atoms with Gasteiger partial charge in [-0.15, -0.1) is 0 Å². The number of nitrogens with zero attached hydrogens (tertiary/aromatic N) is 2. The normalized spacial score (nSPS) is 13.9. The van der Waals surface area contributed by atoms with E-state index < -0.39 is 5.82 Å². The van der Waals surface area contributed by atoms with Crippen molar-refractivity contribution >= 4 is 5.84 Å². The van der Waals surface area contributed by atoms with Gasteiger partial charge in [-0.25, -0.2) is 4.39 Å². The van der Waals surface area contributed by atoms with E-state index in [2.05, 4.69) is 5.16 Å². The summed E-state index contributed by atoms with van der Waals surface area (Å²) in [6.07, 6.45) is 0. The van der Waals surface area contributed by atoms with Crippen LogP contribution in [0.2, 0.25) is 0 Å². The average Bonchev–Trinajstić information content (AvgIpc) is 2.38. The molecule has 0 spiro atoms. The Bertz CT molecular complexity index is 437. The number of nitrogens with two attached hydrogens (primary N) is 1. The van der Waals surface area contributed by atoms with Crippen LogP contribution in [0.4, 0.5) is 4.39 Å². The van der Waals surface area contributed by atoms with Gasteiger partial charge in [-0.3, -0.25) is 4.90 Å². The lowest BCUT2D eigenvalue weighted by molar-refractivity contribution is 0.153. The van der Waals surface area contributed by atoms with Crippen molar-refractivity contribution in [2.45, 2.75) is 19.5 Å². The molecule has 100 valence electrons. The second-order valence-corrected chi connectivity index (χ2v) is 4.24. The van der Waals surface area contributed by atoms with Gasteiger partial charge in [-0.1, -0.05) is 17.3 Å². The van der Waals surface area contributed by atoms with E-state index in [-0.39, 0.29) is 18.5 Å². The van der Waals surface area contributed by atoms with Crippen LogP contribution in [0.5, 0.6) is 0 Å². The van der Waals surface area contributed by atoms with E-state index in [1.54, 1.807) is 19.2 Å². The molecule has 0 aliphatic heterocycles. The van der Waals surface area contributed by atoms with E-state index in [1.165, 1.54) is 6.07 Å². The molecule has 6 heteroatoms. The lowest BCUT2D eigenvalue weighted by Gasteiger charge is -2.23. The molecule has 0 fully saturated rings. The number of amidine groups is 1. The van der Waals surface area contributed by atoms with Crippen LogP contribution in [0, 0.1) is 5.82 Å². The first-order chi connectivity index (χ1) is 8.49. The van der Waals surface area contributed by atoms with Gasteiger partial charge >= 0.3 is 0 Å². The highest BCUT2D eigenvalue weighted by Gasteiger charge is 2.12. The maximum atomic E-state index is 13.8. The minimum atomic E-state index is -0.420. The number of hydrogen-bond donors (Lipinski definition) is 3. The van der Waals surface area contributed by atoms with Crippen LogP contribution in [0.25, 0.3) is 0 Å². The zero-order chi connectivity index (χ0) is 13.7. The Morgan fingerprint density at radius 2 is 2.22 bits per heavy atom. The SMILES string of the molecule is CC(CO)N(C)Cc1ccc(/C(N)=N/O)cc1F. The van der Waals surface area contributed by atoms with Crippen molar-refractivity contribution < 1.29 is 14.7 Å². The number of rotatable bonds is 5. The Morgan fingerprint density at radius 3 is 2.72 bits per heavy atom. The predicted molar refractivity (Wildman–Crippen MR) is 66.9 cm³/mol. The van der Waals surface area contributed by atoms with Crippen LogP contribution in [0.1, 0.15) is 18.1 Å². The molecule has 0 radical (unpaired) electrons. The summed E-state index contributed by atoms with van der Waals surface area (Å²) in [6, 6.07) is 4.35. The van der Waals surface area contributed by atoms with Crippen LogP contribution in [-0.2, 0) is 6.54 Å². The van der Waals surface area contributed by atoms with Crippen molar-refractivity contribution in [1.29, 1.82) is 0 Å². The van der Waals surface area contributed by atoms with E-state index in [0.29, 0.717) is 17.7 Å². The van der Waals surface area contributed by atoms with Gasteiger partial charge in [-0.2, -0.15) is 0 Å². The zero-order valence-electron chi connectivity index (χ0n) is 10.5. The van der Waals surface area contributed by atoms with Crippen molar-refractivity contribution in [2.75, 3.05) is 13.7 Å². The summed E-state index contributed by atoms with van der Waals surface area (Å²) < 4.78 is 13.8. The Morgan fingerprint density at radius 1 is 1.56 bits per heavy atom. The third kappa shape index (κ3) is 3.41. The number of hydrogen-bond acceptors (Lipinski definition) is 4. The number of likely N-dealkylation sites (N-methyl/N-ethyl adjacent to an activating group) is 1. The van der Waals surface area contributed by atoms with E-state index in [9.17, 15) is 4.39 Å². The van der Waals surface area contributed by atoms with Gasteiger partial charge < -0.3 is 16.0 Å². The molecule has 1 unspecified atom stereocenters. The summed E-state index contributed by atoms with van der Waals surface area (Å²) in [4.78, 5) is 1.83. The van der Waals surface area contributed by atoms with Crippen LogP contribution < -0.4 is 5.73 Å². The van der Waals surface area contributed by atoms with Gasteiger partial charge in [0.1, 0.15) is 5.82 Å². The third-order valence-electron chi connectivity index (χ3n) is 2.89. The minimum Gasteiger partial charge on any atom is -0.409 e. The first-order valence-electron chi connectivity index (χ1n) is 5.57. The molecule has 5 nitrogen and oxygen atoms in total. The summed E-state index contributed by atoms with van der Waals surface area (Å²) in [7, 11) is 1.80. The lowest BCUT2D eigenvalue weighted by Crippen LogP contribution is -2.31. The second-order valence-electron chi connectivity index (χ2n) is 4.24. The Labute approximate surface area is 105 Å². The van der Waals surface area contributed by atoms with Crippen molar-refractivity contribution in [3.05, 3.63) is 35.1 Å². The quantitative estimate of drug-likeness (QED) is 0.313. The molecule has 0 heterocycles. The summed E-state index contributed by atoms with van der Waals surface area (Å²) in [5.41, 5.74) is 6.20. The first kappa shape index (κ1) is 14.4. The third-order valence-corrected chi connectivity index (χ3v) is 2.89. The first-order valence-corrected chi connectivity index (χ1v) is 5.57. The zero-order valence-corrected chi connectivity index (χ0v) is 10.5. The average molecular weight is 255 g/mol. The fourth-order valence-corrected chi connectivity index (χ4v) is 1.46. The smallest absolute Gasteiger partial charge is 0.170 e. The molecule has 0 aliphatic rings. The molecular weight excluding hydrogens is 237 g/mol. The number of aliphatic hydroxyl groups excluding tert-OH is 1. The Kier molecular flexibility index (Phi) is 5.06. The Balaban J connectivity index is 2.86. The largest absolute Gasteiger partial charge is 0.409 e. The van der Waals surface area contributed by atoms with E-state index >= 15 is 0 Å². The van der Waals surface area contributed by atoms with Crippen molar-refractivity contribution in [3.8, 4) is 0 Å². The molecule has 0 saturated heterocycles. The minimum absolute atomic E-state index is 0.0142. The van der Waals surface area contributed by atoms with Gasteiger partial charge in [0.15, 0.2) is 5.84 Å². The molecule has 0 saturated carbocycles. The van der Waals surface area contributed by atoms with Crippen LogP contribution in [0.3, 0.4) is 0 Å². The topological polar surface area (TPSA) is 82.1 Å². The van der Waals surface area contributed by atoms with E-state index in [1.807, 2.05) is 11.8 Å². The van der Waals surface area contributed by atoms with E-state index in [0.717, 1.165) is 0 Å². The number of oxime groups is 1. The van der Waals surface area contributed by atoms with Crippen molar-refractivity contribution in [2.24, 2.45) is 10.9 Å². The van der Waals surface area contributed by atoms with Gasteiger partial charge in [-0.05, 0) is 20.0 Å². The summed E-state index contributed by atoms with van der Waals surface area (Å²) in [5.74, 6) is -0.548. The molecule has 0 aliphatic carbocycles. The van der Waals surface area contributed by atoms with Crippen LogP contribution in [0.15, 0.2) is 23.4 Å². The predicted octanol–water partition coefficient (Wildman–Crippen LogP) is 0.733. The molecule has 18 heavy (non-hydrogen) atoms. The Hall–Kier alpha value is -1.66. The fraction of sp³-hybridized carbons (Fsp3) is 0.417. The molecule has 1 rings (SSSR count). The molecular formula is C12H18FN3O2. The highest BCUT2D eigenvalue weighted by molar-refractivity contribution is 5.97. The van der Waals surface area contributed by atoms with Crippen molar-refractivity contribution in [3.63, 3.8) is 0 Å².